The fourth-order valence-electron chi connectivity index (χ4n) is 2.04. The van der Waals surface area contributed by atoms with Gasteiger partial charge in [0.2, 0.25) is 0 Å². The van der Waals surface area contributed by atoms with Crippen LogP contribution in [-0.2, 0) is 6.54 Å². The van der Waals surface area contributed by atoms with Gasteiger partial charge in [-0.25, -0.2) is 0 Å². The summed E-state index contributed by atoms with van der Waals surface area (Å²) < 4.78 is 5.62. The van der Waals surface area contributed by atoms with E-state index < -0.39 is 0 Å². The molecular weight excluding hydrogens is 176 g/mol. The number of hydrogen-bond donors (Lipinski definition) is 1. The van der Waals surface area contributed by atoms with Crippen molar-refractivity contribution in [1.82, 2.24) is 0 Å². The topological polar surface area (TPSA) is 42.4 Å². The summed E-state index contributed by atoms with van der Waals surface area (Å²) >= 11 is 0. The Morgan fingerprint density at radius 3 is 3.07 bits per heavy atom. The molecule has 0 radical (unpaired) electrons. The van der Waals surface area contributed by atoms with E-state index in [0.29, 0.717) is 6.54 Å². The standard InChI is InChI=1S/C11H18N2O/c1-9-3-2-6-13(8-9)11-5-4-10(7-12)14-11/h4-5,9H,2-3,6-8,12H2,1H3. The zero-order valence-electron chi connectivity index (χ0n) is 8.70. The van der Waals surface area contributed by atoms with Crippen LogP contribution < -0.4 is 10.6 Å². The molecule has 3 nitrogen and oxygen atoms in total. The second-order valence-corrected chi connectivity index (χ2v) is 4.14. The smallest absolute Gasteiger partial charge is 0.195 e. The molecule has 1 aliphatic heterocycles. The molecule has 2 rings (SSSR count). The molecule has 2 N–H and O–H groups in total. The highest BCUT2D eigenvalue weighted by atomic mass is 16.4. The fraction of sp³-hybridized carbons (Fsp3) is 0.636. The Bertz CT molecular complexity index is 295. The SMILES string of the molecule is CC1CCCN(c2ccc(CN)o2)C1. The van der Waals surface area contributed by atoms with Crippen LogP contribution in [0.1, 0.15) is 25.5 Å². The summed E-state index contributed by atoms with van der Waals surface area (Å²) in [5.74, 6) is 2.63. The lowest BCUT2D eigenvalue weighted by atomic mass is 10.0. The van der Waals surface area contributed by atoms with E-state index in [0.717, 1.165) is 30.7 Å². The van der Waals surface area contributed by atoms with Gasteiger partial charge in [-0.1, -0.05) is 6.92 Å². The number of hydrogen-bond acceptors (Lipinski definition) is 3. The Balaban J connectivity index is 2.06. The highest BCUT2D eigenvalue weighted by Gasteiger charge is 2.18. The molecule has 2 heterocycles. The van der Waals surface area contributed by atoms with Crippen molar-refractivity contribution in [2.24, 2.45) is 11.7 Å². The fourth-order valence-corrected chi connectivity index (χ4v) is 2.04. The van der Waals surface area contributed by atoms with E-state index in [4.69, 9.17) is 10.2 Å². The molecule has 0 aromatic carbocycles. The van der Waals surface area contributed by atoms with Crippen LogP contribution in [0.5, 0.6) is 0 Å². The summed E-state index contributed by atoms with van der Waals surface area (Å²) in [6.45, 7) is 5.00. The van der Waals surface area contributed by atoms with Gasteiger partial charge in [0.05, 0.1) is 6.54 Å². The van der Waals surface area contributed by atoms with Crippen molar-refractivity contribution in [2.45, 2.75) is 26.3 Å². The van der Waals surface area contributed by atoms with Crippen molar-refractivity contribution < 1.29 is 4.42 Å². The van der Waals surface area contributed by atoms with Gasteiger partial charge in [0.15, 0.2) is 5.88 Å². The maximum atomic E-state index is 5.62. The molecule has 78 valence electrons. The van der Waals surface area contributed by atoms with E-state index in [1.165, 1.54) is 12.8 Å². The molecule has 1 aromatic heterocycles. The lowest BCUT2D eigenvalue weighted by Gasteiger charge is -2.30. The zero-order chi connectivity index (χ0) is 9.97. The highest BCUT2D eigenvalue weighted by Crippen LogP contribution is 2.24. The third kappa shape index (κ3) is 1.93. The van der Waals surface area contributed by atoms with E-state index in [1.807, 2.05) is 12.1 Å². The Labute approximate surface area is 84.9 Å². The molecule has 0 spiro atoms. The van der Waals surface area contributed by atoms with Gasteiger partial charge in [-0.3, -0.25) is 0 Å². The van der Waals surface area contributed by atoms with E-state index in [9.17, 15) is 0 Å². The Morgan fingerprint density at radius 1 is 1.57 bits per heavy atom. The summed E-state index contributed by atoms with van der Waals surface area (Å²) in [5.41, 5.74) is 5.51. The molecule has 0 saturated carbocycles. The molecule has 1 aliphatic rings. The number of nitrogens with two attached hydrogens (primary N) is 1. The average molecular weight is 194 g/mol. The predicted molar refractivity (Wildman–Crippen MR) is 57.2 cm³/mol. The second-order valence-electron chi connectivity index (χ2n) is 4.14. The highest BCUT2D eigenvalue weighted by molar-refractivity contribution is 5.36. The maximum absolute atomic E-state index is 5.62. The molecule has 14 heavy (non-hydrogen) atoms. The number of rotatable bonds is 2. The van der Waals surface area contributed by atoms with Gasteiger partial charge in [-0.15, -0.1) is 0 Å². The monoisotopic (exact) mass is 194 g/mol. The van der Waals surface area contributed by atoms with Crippen LogP contribution in [0.15, 0.2) is 16.5 Å². The molecule has 1 saturated heterocycles. The van der Waals surface area contributed by atoms with E-state index in [2.05, 4.69) is 11.8 Å². The van der Waals surface area contributed by atoms with Crippen molar-refractivity contribution in [3.63, 3.8) is 0 Å². The number of furan rings is 1. The molecule has 3 heteroatoms. The quantitative estimate of drug-likeness (QED) is 0.782. The van der Waals surface area contributed by atoms with E-state index in [1.54, 1.807) is 0 Å². The van der Waals surface area contributed by atoms with Crippen molar-refractivity contribution in [3.8, 4) is 0 Å². The second kappa shape index (κ2) is 4.05. The van der Waals surface area contributed by atoms with Gasteiger partial charge in [-0.05, 0) is 24.8 Å². The summed E-state index contributed by atoms with van der Waals surface area (Å²) in [6.07, 6.45) is 2.60. The summed E-state index contributed by atoms with van der Waals surface area (Å²) in [7, 11) is 0. The van der Waals surface area contributed by atoms with Crippen LogP contribution in [0, 0.1) is 5.92 Å². The van der Waals surface area contributed by atoms with Crippen LogP contribution in [0.3, 0.4) is 0 Å². The Hall–Kier alpha value is -0.960. The third-order valence-electron chi connectivity index (χ3n) is 2.82. The number of piperidine rings is 1. The molecule has 1 unspecified atom stereocenters. The van der Waals surface area contributed by atoms with Crippen LogP contribution in [0.2, 0.25) is 0 Å². The van der Waals surface area contributed by atoms with Crippen molar-refractivity contribution >= 4 is 5.88 Å². The summed E-state index contributed by atoms with van der Waals surface area (Å²) in [4.78, 5) is 2.31. The Kier molecular flexibility index (Phi) is 2.77. The summed E-state index contributed by atoms with van der Waals surface area (Å²) in [6, 6.07) is 3.99. The van der Waals surface area contributed by atoms with E-state index in [-0.39, 0.29) is 0 Å². The molecular formula is C11H18N2O. The largest absolute Gasteiger partial charge is 0.444 e. The molecule has 0 bridgehead atoms. The molecule has 1 atom stereocenters. The maximum Gasteiger partial charge on any atom is 0.195 e. The minimum Gasteiger partial charge on any atom is -0.444 e. The lowest BCUT2D eigenvalue weighted by molar-refractivity contribution is 0.413. The number of anilines is 1. The van der Waals surface area contributed by atoms with Gasteiger partial charge < -0.3 is 15.1 Å². The molecule has 0 aliphatic carbocycles. The lowest BCUT2D eigenvalue weighted by Crippen LogP contribution is -2.33. The zero-order valence-corrected chi connectivity index (χ0v) is 8.70. The number of nitrogens with zero attached hydrogens (tertiary/aromatic N) is 1. The minimum absolute atomic E-state index is 0.489. The molecule has 1 fully saturated rings. The van der Waals surface area contributed by atoms with Crippen LogP contribution in [-0.4, -0.2) is 13.1 Å². The first-order chi connectivity index (χ1) is 6.79. The van der Waals surface area contributed by atoms with Gasteiger partial charge >= 0.3 is 0 Å². The van der Waals surface area contributed by atoms with Crippen molar-refractivity contribution in [1.29, 1.82) is 0 Å². The normalized spacial score (nSPS) is 22.7. The van der Waals surface area contributed by atoms with Crippen molar-refractivity contribution in [3.05, 3.63) is 17.9 Å². The van der Waals surface area contributed by atoms with Gasteiger partial charge in [-0.2, -0.15) is 0 Å². The first-order valence-electron chi connectivity index (χ1n) is 5.33. The molecule has 0 amide bonds. The van der Waals surface area contributed by atoms with Gasteiger partial charge in [0, 0.05) is 19.2 Å². The average Bonchev–Trinajstić information content (AvgIpc) is 2.66. The van der Waals surface area contributed by atoms with Crippen LogP contribution in [0.25, 0.3) is 0 Å². The van der Waals surface area contributed by atoms with Gasteiger partial charge in [0.25, 0.3) is 0 Å². The van der Waals surface area contributed by atoms with Crippen LogP contribution >= 0.6 is 0 Å². The first kappa shape index (κ1) is 9.59. The Morgan fingerprint density at radius 2 is 2.43 bits per heavy atom. The van der Waals surface area contributed by atoms with Gasteiger partial charge in [0.1, 0.15) is 5.76 Å². The summed E-state index contributed by atoms with van der Waals surface area (Å²) in [5, 5.41) is 0. The predicted octanol–water partition coefficient (Wildman–Crippen LogP) is 1.97. The minimum atomic E-state index is 0.489. The van der Waals surface area contributed by atoms with Crippen LogP contribution in [0.4, 0.5) is 5.88 Å². The third-order valence-corrected chi connectivity index (χ3v) is 2.82. The van der Waals surface area contributed by atoms with Crippen molar-refractivity contribution in [2.75, 3.05) is 18.0 Å². The van der Waals surface area contributed by atoms with E-state index >= 15 is 0 Å². The first-order valence-corrected chi connectivity index (χ1v) is 5.33. The molecule has 1 aromatic rings.